The van der Waals surface area contributed by atoms with Crippen LogP contribution in [0.1, 0.15) is 12.8 Å². The molecule has 5 heteroatoms. The zero-order chi connectivity index (χ0) is 14.7. The highest BCUT2D eigenvalue weighted by Gasteiger charge is 2.21. The molecule has 0 bridgehead atoms. The lowest BCUT2D eigenvalue weighted by molar-refractivity contribution is 0.171. The first-order valence-corrected chi connectivity index (χ1v) is 7.48. The first-order valence-electron chi connectivity index (χ1n) is 7.10. The molecule has 1 aromatic heterocycles. The van der Waals surface area contributed by atoms with Crippen molar-refractivity contribution in [2.75, 3.05) is 23.7 Å². The van der Waals surface area contributed by atoms with Crippen LogP contribution in [0.15, 0.2) is 42.6 Å². The number of pyridine rings is 1. The van der Waals surface area contributed by atoms with Crippen molar-refractivity contribution in [3.8, 4) is 5.75 Å². The lowest BCUT2D eigenvalue weighted by atomic mass is 10.1. The summed E-state index contributed by atoms with van der Waals surface area (Å²) in [6.07, 6.45) is 3.92. The van der Waals surface area contributed by atoms with E-state index in [-0.39, 0.29) is 6.10 Å². The van der Waals surface area contributed by atoms with Gasteiger partial charge in [0.05, 0.1) is 5.02 Å². The normalized spacial score (nSPS) is 16.0. The Balaban J connectivity index is 1.59. The Kier molecular flexibility index (Phi) is 4.15. The lowest BCUT2D eigenvalue weighted by Gasteiger charge is -2.33. The quantitative estimate of drug-likeness (QED) is 0.883. The average Bonchev–Trinajstić information content (AvgIpc) is 2.52. The highest BCUT2D eigenvalue weighted by atomic mass is 35.5. The molecule has 1 fully saturated rings. The van der Waals surface area contributed by atoms with Gasteiger partial charge in [0, 0.05) is 37.8 Å². The molecule has 0 aliphatic carbocycles. The van der Waals surface area contributed by atoms with Crippen LogP contribution in [0.3, 0.4) is 0 Å². The summed E-state index contributed by atoms with van der Waals surface area (Å²) < 4.78 is 5.99. The molecule has 1 aliphatic heterocycles. The van der Waals surface area contributed by atoms with Gasteiger partial charge in [-0.05, 0) is 30.3 Å². The molecular formula is C16H18ClN3O. The minimum Gasteiger partial charge on any atom is -0.489 e. The number of ether oxygens (including phenoxy) is 1. The molecule has 0 unspecified atom stereocenters. The smallest absolute Gasteiger partial charge is 0.138 e. The van der Waals surface area contributed by atoms with Crippen LogP contribution in [-0.2, 0) is 0 Å². The number of aromatic nitrogens is 1. The predicted molar refractivity (Wildman–Crippen MR) is 86.0 cm³/mol. The lowest BCUT2D eigenvalue weighted by Crippen LogP contribution is -2.38. The second-order valence-corrected chi connectivity index (χ2v) is 5.59. The van der Waals surface area contributed by atoms with Gasteiger partial charge in [0.15, 0.2) is 0 Å². The second kappa shape index (κ2) is 6.22. The number of anilines is 2. The van der Waals surface area contributed by atoms with E-state index in [1.54, 1.807) is 6.07 Å². The van der Waals surface area contributed by atoms with Gasteiger partial charge in [-0.3, -0.25) is 0 Å². The largest absolute Gasteiger partial charge is 0.489 e. The molecule has 1 aliphatic rings. The summed E-state index contributed by atoms with van der Waals surface area (Å²) in [6, 6.07) is 11.4. The molecule has 1 saturated heterocycles. The highest BCUT2D eigenvalue weighted by molar-refractivity contribution is 6.32. The monoisotopic (exact) mass is 303 g/mol. The van der Waals surface area contributed by atoms with Crippen molar-refractivity contribution in [2.24, 2.45) is 0 Å². The third kappa shape index (κ3) is 3.39. The van der Waals surface area contributed by atoms with Crippen LogP contribution in [0.2, 0.25) is 5.02 Å². The minimum atomic E-state index is 0.186. The molecule has 0 amide bonds. The van der Waals surface area contributed by atoms with E-state index in [1.165, 1.54) is 0 Å². The Hall–Kier alpha value is -1.94. The summed E-state index contributed by atoms with van der Waals surface area (Å²) in [7, 11) is 0. The molecule has 0 radical (unpaired) electrons. The molecule has 4 nitrogen and oxygen atoms in total. The molecule has 21 heavy (non-hydrogen) atoms. The van der Waals surface area contributed by atoms with E-state index < -0.39 is 0 Å². The van der Waals surface area contributed by atoms with Crippen molar-refractivity contribution in [2.45, 2.75) is 18.9 Å². The molecule has 0 saturated carbocycles. The van der Waals surface area contributed by atoms with Crippen molar-refractivity contribution < 1.29 is 4.74 Å². The molecule has 2 heterocycles. The summed E-state index contributed by atoms with van der Waals surface area (Å²) in [6.45, 7) is 1.88. The van der Waals surface area contributed by atoms with E-state index in [0.29, 0.717) is 16.5 Å². The summed E-state index contributed by atoms with van der Waals surface area (Å²) >= 11 is 6.15. The van der Waals surface area contributed by atoms with E-state index in [1.807, 2.05) is 36.5 Å². The fourth-order valence-electron chi connectivity index (χ4n) is 2.54. The number of halogens is 1. The van der Waals surface area contributed by atoms with Crippen molar-refractivity contribution in [3.05, 3.63) is 47.6 Å². The number of benzene rings is 1. The van der Waals surface area contributed by atoms with Crippen LogP contribution in [0.4, 0.5) is 11.5 Å². The second-order valence-electron chi connectivity index (χ2n) is 5.18. The first-order chi connectivity index (χ1) is 10.2. The van der Waals surface area contributed by atoms with Gasteiger partial charge in [0.25, 0.3) is 0 Å². The summed E-state index contributed by atoms with van der Waals surface area (Å²) in [5.74, 6) is 1.74. The topological polar surface area (TPSA) is 51.4 Å². The number of hydrogen-bond acceptors (Lipinski definition) is 4. The van der Waals surface area contributed by atoms with Crippen LogP contribution < -0.4 is 15.4 Å². The van der Waals surface area contributed by atoms with Crippen LogP contribution in [0.5, 0.6) is 5.75 Å². The summed E-state index contributed by atoms with van der Waals surface area (Å²) in [5, 5.41) is 0.571. The molecule has 0 spiro atoms. The van der Waals surface area contributed by atoms with Gasteiger partial charge in [-0.25, -0.2) is 4.98 Å². The first kappa shape index (κ1) is 14.0. The Morgan fingerprint density at radius 2 is 2.00 bits per heavy atom. The van der Waals surface area contributed by atoms with Crippen molar-refractivity contribution in [1.29, 1.82) is 0 Å². The van der Waals surface area contributed by atoms with Crippen molar-refractivity contribution in [1.82, 2.24) is 4.98 Å². The van der Waals surface area contributed by atoms with Gasteiger partial charge in [0.1, 0.15) is 17.7 Å². The zero-order valence-corrected chi connectivity index (χ0v) is 12.5. The third-order valence-electron chi connectivity index (χ3n) is 3.66. The number of hydrogen-bond donors (Lipinski definition) is 1. The molecule has 1 aromatic carbocycles. The molecule has 0 atom stereocenters. The van der Waals surface area contributed by atoms with E-state index in [4.69, 9.17) is 22.1 Å². The van der Waals surface area contributed by atoms with Gasteiger partial charge in [-0.2, -0.15) is 0 Å². The fraction of sp³-hybridized carbons (Fsp3) is 0.312. The molecule has 2 aromatic rings. The summed E-state index contributed by atoms with van der Waals surface area (Å²) in [5.41, 5.74) is 6.34. The fourth-order valence-corrected chi connectivity index (χ4v) is 2.77. The number of rotatable bonds is 3. The van der Waals surface area contributed by atoms with Gasteiger partial charge < -0.3 is 15.4 Å². The maximum Gasteiger partial charge on any atom is 0.138 e. The predicted octanol–water partition coefficient (Wildman–Crippen LogP) is 3.37. The maximum absolute atomic E-state index is 6.15. The van der Waals surface area contributed by atoms with E-state index in [0.717, 1.165) is 31.7 Å². The Labute approximate surface area is 129 Å². The standard InChI is InChI=1S/C16H18ClN3O/c17-14-11-12(18)4-5-15(14)21-13-6-9-20(10-7-13)16-3-1-2-8-19-16/h1-5,8,11,13H,6-7,9-10,18H2. The SMILES string of the molecule is Nc1ccc(OC2CCN(c3ccccn3)CC2)c(Cl)c1. The molecular weight excluding hydrogens is 286 g/mol. The highest BCUT2D eigenvalue weighted by Crippen LogP contribution is 2.29. The van der Waals surface area contributed by atoms with E-state index >= 15 is 0 Å². The van der Waals surface area contributed by atoms with Crippen LogP contribution in [0.25, 0.3) is 0 Å². The van der Waals surface area contributed by atoms with Crippen LogP contribution in [-0.4, -0.2) is 24.2 Å². The number of piperidine rings is 1. The van der Waals surface area contributed by atoms with Gasteiger partial charge in [-0.1, -0.05) is 17.7 Å². The number of nitrogen functional groups attached to an aromatic ring is 1. The maximum atomic E-state index is 6.15. The molecule has 3 rings (SSSR count). The van der Waals surface area contributed by atoms with E-state index in [9.17, 15) is 0 Å². The Bertz CT molecular complexity index is 598. The van der Waals surface area contributed by atoms with Crippen LogP contribution in [0, 0.1) is 0 Å². The van der Waals surface area contributed by atoms with Crippen LogP contribution >= 0.6 is 11.6 Å². The van der Waals surface area contributed by atoms with E-state index in [2.05, 4.69) is 9.88 Å². The van der Waals surface area contributed by atoms with Crippen molar-refractivity contribution in [3.63, 3.8) is 0 Å². The Morgan fingerprint density at radius 3 is 2.67 bits per heavy atom. The molecule has 2 N–H and O–H groups in total. The zero-order valence-electron chi connectivity index (χ0n) is 11.7. The van der Waals surface area contributed by atoms with Gasteiger partial charge >= 0.3 is 0 Å². The third-order valence-corrected chi connectivity index (χ3v) is 3.96. The van der Waals surface area contributed by atoms with Gasteiger partial charge in [-0.15, -0.1) is 0 Å². The van der Waals surface area contributed by atoms with Gasteiger partial charge in [0.2, 0.25) is 0 Å². The number of nitrogens with two attached hydrogens (primary N) is 1. The Morgan fingerprint density at radius 1 is 1.19 bits per heavy atom. The minimum absolute atomic E-state index is 0.186. The van der Waals surface area contributed by atoms with Crippen molar-refractivity contribution >= 4 is 23.1 Å². The number of nitrogens with zero attached hydrogens (tertiary/aromatic N) is 2. The average molecular weight is 304 g/mol. The summed E-state index contributed by atoms with van der Waals surface area (Å²) in [4.78, 5) is 6.67. The molecule has 110 valence electrons.